The fourth-order valence-corrected chi connectivity index (χ4v) is 2.88. The molecule has 98 valence electrons. The molecule has 0 radical (unpaired) electrons. The smallest absolute Gasteiger partial charge is 0.260 e. The Morgan fingerprint density at radius 1 is 1.42 bits per heavy atom. The van der Waals surface area contributed by atoms with Crippen molar-refractivity contribution < 1.29 is 9.18 Å². The molecule has 1 aliphatic rings. The lowest BCUT2D eigenvalue weighted by atomic mass is 10.2. The van der Waals surface area contributed by atoms with E-state index in [1.807, 2.05) is 0 Å². The highest BCUT2D eigenvalue weighted by atomic mass is 79.9. The molecule has 0 spiro atoms. The van der Waals surface area contributed by atoms with Crippen molar-refractivity contribution in [3.8, 4) is 0 Å². The number of rotatable bonds is 3. The van der Waals surface area contributed by atoms with E-state index in [1.54, 1.807) is 6.07 Å². The van der Waals surface area contributed by atoms with Crippen LogP contribution in [0.5, 0.6) is 0 Å². The third kappa shape index (κ3) is 2.82. The third-order valence-electron chi connectivity index (χ3n) is 2.76. The van der Waals surface area contributed by atoms with E-state index in [2.05, 4.69) is 31.4 Å². The number of nitrogens with one attached hydrogen (secondary N) is 1. The van der Waals surface area contributed by atoms with E-state index in [9.17, 15) is 9.18 Å². The molecular weight excluding hydrogens is 333 g/mol. The van der Waals surface area contributed by atoms with Crippen molar-refractivity contribution in [3.05, 3.63) is 39.1 Å². The van der Waals surface area contributed by atoms with Crippen molar-refractivity contribution in [2.45, 2.75) is 18.8 Å². The molecule has 0 atom stereocenters. The minimum atomic E-state index is -0.562. The molecular formula is C12H9BrFN3OS. The van der Waals surface area contributed by atoms with Gasteiger partial charge in [-0.2, -0.15) is 0 Å². The Kier molecular flexibility index (Phi) is 3.32. The zero-order valence-electron chi connectivity index (χ0n) is 9.69. The number of anilines is 1. The largest absolute Gasteiger partial charge is 0.296 e. The summed E-state index contributed by atoms with van der Waals surface area (Å²) < 4.78 is 14.2. The summed E-state index contributed by atoms with van der Waals surface area (Å²) in [5.41, 5.74) is -0.0162. The topological polar surface area (TPSA) is 54.9 Å². The monoisotopic (exact) mass is 341 g/mol. The maximum Gasteiger partial charge on any atom is 0.260 e. The van der Waals surface area contributed by atoms with Gasteiger partial charge in [0, 0.05) is 10.4 Å². The average molecular weight is 342 g/mol. The normalized spacial score (nSPS) is 14.4. The maximum atomic E-state index is 13.6. The summed E-state index contributed by atoms with van der Waals surface area (Å²) in [6.07, 6.45) is 2.26. The first-order chi connectivity index (χ1) is 9.13. The number of aromatic nitrogens is 2. The Hall–Kier alpha value is -1.34. The zero-order chi connectivity index (χ0) is 13.4. The Morgan fingerprint density at radius 2 is 2.21 bits per heavy atom. The van der Waals surface area contributed by atoms with E-state index in [0.717, 1.165) is 17.8 Å². The molecule has 3 rings (SSSR count). The number of carbonyl (C=O) groups is 1. The fraction of sp³-hybridized carbons (Fsp3) is 0.250. The van der Waals surface area contributed by atoms with Crippen molar-refractivity contribution in [1.29, 1.82) is 0 Å². The van der Waals surface area contributed by atoms with E-state index < -0.39 is 11.7 Å². The van der Waals surface area contributed by atoms with Gasteiger partial charge in [0.15, 0.2) is 0 Å². The lowest BCUT2D eigenvalue weighted by Gasteiger charge is -2.03. The Morgan fingerprint density at radius 3 is 2.95 bits per heavy atom. The molecule has 0 aliphatic heterocycles. The summed E-state index contributed by atoms with van der Waals surface area (Å²) in [5.74, 6) is -0.587. The molecule has 7 heteroatoms. The first kappa shape index (κ1) is 12.7. The molecule has 0 unspecified atom stereocenters. The van der Waals surface area contributed by atoms with Gasteiger partial charge in [-0.25, -0.2) is 4.39 Å². The zero-order valence-corrected chi connectivity index (χ0v) is 12.1. The standard InChI is InChI=1S/C12H9BrFN3OS/c13-7-3-4-9(14)8(5-7)10(18)15-12-17-16-11(19-12)6-1-2-6/h3-6H,1-2H2,(H,15,17,18). The van der Waals surface area contributed by atoms with E-state index in [1.165, 1.54) is 23.5 Å². The average Bonchev–Trinajstić information content (AvgIpc) is 3.13. The van der Waals surface area contributed by atoms with Crippen LogP contribution in [-0.2, 0) is 0 Å². The molecule has 4 nitrogen and oxygen atoms in total. The molecule has 1 heterocycles. The number of benzene rings is 1. The Balaban J connectivity index is 1.77. The van der Waals surface area contributed by atoms with Gasteiger partial charge in [-0.05, 0) is 31.0 Å². The number of carbonyl (C=O) groups excluding carboxylic acids is 1. The van der Waals surface area contributed by atoms with E-state index >= 15 is 0 Å². The van der Waals surface area contributed by atoms with Crippen LogP contribution in [0.2, 0.25) is 0 Å². The lowest BCUT2D eigenvalue weighted by Crippen LogP contribution is -2.13. The SMILES string of the molecule is O=C(Nc1nnc(C2CC2)s1)c1cc(Br)ccc1F. The fourth-order valence-electron chi connectivity index (χ4n) is 1.62. The number of hydrogen-bond acceptors (Lipinski definition) is 4. The predicted octanol–water partition coefficient (Wildman–Crippen LogP) is 3.57. The Labute approximate surface area is 121 Å². The maximum absolute atomic E-state index is 13.6. The first-order valence-corrected chi connectivity index (χ1v) is 7.34. The van der Waals surface area contributed by atoms with Gasteiger partial charge in [0.1, 0.15) is 10.8 Å². The van der Waals surface area contributed by atoms with Crippen LogP contribution in [0.4, 0.5) is 9.52 Å². The number of nitrogens with zero attached hydrogens (tertiary/aromatic N) is 2. The lowest BCUT2D eigenvalue weighted by molar-refractivity contribution is 0.102. The Bertz CT molecular complexity index is 642. The van der Waals surface area contributed by atoms with Crippen molar-refractivity contribution in [3.63, 3.8) is 0 Å². The summed E-state index contributed by atoms with van der Waals surface area (Å²) in [6, 6.07) is 4.23. The van der Waals surface area contributed by atoms with Crippen molar-refractivity contribution in [1.82, 2.24) is 10.2 Å². The summed E-state index contributed by atoms with van der Waals surface area (Å²) >= 11 is 4.56. The van der Waals surface area contributed by atoms with Gasteiger partial charge < -0.3 is 0 Å². The van der Waals surface area contributed by atoms with E-state index in [0.29, 0.717) is 15.5 Å². The van der Waals surface area contributed by atoms with Crippen molar-refractivity contribution in [2.24, 2.45) is 0 Å². The van der Waals surface area contributed by atoms with Crippen LogP contribution >= 0.6 is 27.3 Å². The molecule has 1 aliphatic carbocycles. The third-order valence-corrected chi connectivity index (χ3v) is 4.26. The molecule has 1 saturated carbocycles. The van der Waals surface area contributed by atoms with Crippen LogP contribution in [-0.4, -0.2) is 16.1 Å². The molecule has 0 saturated heterocycles. The van der Waals surface area contributed by atoms with E-state index in [-0.39, 0.29) is 5.56 Å². The molecule has 1 aromatic carbocycles. The predicted molar refractivity (Wildman–Crippen MR) is 73.9 cm³/mol. The van der Waals surface area contributed by atoms with E-state index in [4.69, 9.17) is 0 Å². The van der Waals surface area contributed by atoms with Crippen molar-refractivity contribution in [2.75, 3.05) is 5.32 Å². The minimum absolute atomic E-state index is 0.0162. The summed E-state index contributed by atoms with van der Waals surface area (Å²) in [5, 5.41) is 11.8. The van der Waals surface area contributed by atoms with Gasteiger partial charge in [0.25, 0.3) is 5.91 Å². The molecule has 19 heavy (non-hydrogen) atoms. The molecule has 2 aromatic rings. The minimum Gasteiger partial charge on any atom is -0.296 e. The van der Waals surface area contributed by atoms with Crippen LogP contribution < -0.4 is 5.32 Å². The van der Waals surface area contributed by atoms with Gasteiger partial charge in [0.2, 0.25) is 5.13 Å². The highest BCUT2D eigenvalue weighted by Crippen LogP contribution is 2.42. The highest BCUT2D eigenvalue weighted by molar-refractivity contribution is 9.10. The second kappa shape index (κ2) is 4.97. The molecule has 0 bridgehead atoms. The number of halogens is 2. The number of hydrogen-bond donors (Lipinski definition) is 1. The van der Waals surface area contributed by atoms with Crippen LogP contribution in [0.1, 0.15) is 34.1 Å². The van der Waals surface area contributed by atoms with Gasteiger partial charge in [0.05, 0.1) is 5.56 Å². The summed E-state index contributed by atoms with van der Waals surface area (Å²) in [6.45, 7) is 0. The quantitative estimate of drug-likeness (QED) is 0.928. The van der Waals surface area contributed by atoms with Crippen LogP contribution in [0, 0.1) is 5.82 Å². The molecule has 1 N–H and O–H groups in total. The van der Waals surface area contributed by atoms with Crippen molar-refractivity contribution >= 4 is 38.3 Å². The van der Waals surface area contributed by atoms with Gasteiger partial charge in [-0.1, -0.05) is 27.3 Å². The summed E-state index contributed by atoms with van der Waals surface area (Å²) in [7, 11) is 0. The second-order valence-electron chi connectivity index (χ2n) is 4.30. The highest BCUT2D eigenvalue weighted by Gasteiger charge is 2.27. The number of amides is 1. The summed E-state index contributed by atoms with van der Waals surface area (Å²) in [4.78, 5) is 11.9. The molecule has 1 aromatic heterocycles. The first-order valence-electron chi connectivity index (χ1n) is 5.73. The van der Waals surface area contributed by atoms with Gasteiger partial charge in [-0.15, -0.1) is 10.2 Å². The second-order valence-corrected chi connectivity index (χ2v) is 6.22. The van der Waals surface area contributed by atoms with Gasteiger partial charge in [-0.3, -0.25) is 10.1 Å². The molecule has 1 fully saturated rings. The van der Waals surface area contributed by atoms with Gasteiger partial charge >= 0.3 is 0 Å². The molecule has 1 amide bonds. The van der Waals surface area contributed by atoms with Crippen LogP contribution in [0.15, 0.2) is 22.7 Å². The van der Waals surface area contributed by atoms with Crippen LogP contribution in [0.3, 0.4) is 0 Å². The van der Waals surface area contributed by atoms with Crippen LogP contribution in [0.25, 0.3) is 0 Å².